The number of thioether (sulfide) groups is 1. The molecule has 3 aromatic rings. The van der Waals surface area contributed by atoms with Crippen LogP contribution in [0.3, 0.4) is 0 Å². The van der Waals surface area contributed by atoms with Crippen LogP contribution in [0, 0.1) is 0 Å². The minimum absolute atomic E-state index is 0.0838. The maximum Gasteiger partial charge on any atom is 0.327 e. The highest BCUT2D eigenvalue weighted by molar-refractivity contribution is 7.99. The second-order valence-corrected chi connectivity index (χ2v) is 8.93. The number of rotatable bonds is 6. The molecule has 0 aliphatic heterocycles. The van der Waals surface area contributed by atoms with Crippen LogP contribution in [0.25, 0.3) is 17.0 Å². The molecule has 30 heavy (non-hydrogen) atoms. The van der Waals surface area contributed by atoms with Gasteiger partial charge in [0.1, 0.15) is 6.54 Å². The van der Waals surface area contributed by atoms with E-state index >= 15 is 0 Å². The standard InChI is InChI=1S/C22H26N4O3S/c1-5-22(4)12-14-10-8-9-11-15(14)18-17(22)19(28)26-20(23-18)25(13-16(27)29-6-2)24-21(26)30-7-3/h8-11H,5-7,12-13H2,1-4H3/t22-/m0/s1. The van der Waals surface area contributed by atoms with E-state index in [1.165, 1.54) is 22.0 Å². The fourth-order valence-corrected chi connectivity index (χ4v) is 4.87. The quantitative estimate of drug-likeness (QED) is 0.444. The van der Waals surface area contributed by atoms with Crippen molar-refractivity contribution in [3.05, 3.63) is 45.7 Å². The summed E-state index contributed by atoms with van der Waals surface area (Å²) in [5.74, 6) is 0.724. The zero-order chi connectivity index (χ0) is 21.5. The number of carbonyl (C=O) groups excluding carboxylic acids is 1. The van der Waals surface area contributed by atoms with Crippen molar-refractivity contribution >= 4 is 23.5 Å². The Balaban J connectivity index is 2.04. The molecule has 0 unspecified atom stereocenters. The summed E-state index contributed by atoms with van der Waals surface area (Å²) in [4.78, 5) is 30.9. The molecule has 2 heterocycles. The van der Waals surface area contributed by atoms with Crippen molar-refractivity contribution < 1.29 is 9.53 Å². The average molecular weight is 427 g/mol. The first-order chi connectivity index (χ1) is 14.4. The second-order valence-electron chi connectivity index (χ2n) is 7.70. The molecule has 7 nitrogen and oxygen atoms in total. The van der Waals surface area contributed by atoms with Crippen molar-refractivity contribution in [1.82, 2.24) is 19.2 Å². The summed E-state index contributed by atoms with van der Waals surface area (Å²) in [5, 5.41) is 5.09. The Morgan fingerprint density at radius 2 is 2.03 bits per heavy atom. The molecule has 8 heteroatoms. The number of benzene rings is 1. The van der Waals surface area contributed by atoms with Gasteiger partial charge in [-0.2, -0.15) is 0 Å². The van der Waals surface area contributed by atoms with Gasteiger partial charge in [0, 0.05) is 11.0 Å². The predicted molar refractivity (Wildman–Crippen MR) is 117 cm³/mol. The van der Waals surface area contributed by atoms with Crippen LogP contribution in [0.1, 0.15) is 45.2 Å². The lowest BCUT2D eigenvalue weighted by atomic mass is 9.69. The minimum Gasteiger partial charge on any atom is -0.465 e. The molecule has 4 rings (SSSR count). The van der Waals surface area contributed by atoms with Gasteiger partial charge in [0.25, 0.3) is 5.56 Å². The molecule has 1 aliphatic carbocycles. The van der Waals surface area contributed by atoms with Gasteiger partial charge in [0.15, 0.2) is 5.16 Å². The van der Waals surface area contributed by atoms with Crippen LogP contribution >= 0.6 is 11.8 Å². The normalized spacial score (nSPS) is 17.6. The van der Waals surface area contributed by atoms with E-state index in [0.717, 1.165) is 29.7 Å². The first-order valence-corrected chi connectivity index (χ1v) is 11.3. The number of hydrogen-bond donors (Lipinski definition) is 0. The summed E-state index contributed by atoms with van der Waals surface area (Å²) in [5.41, 5.74) is 3.18. The third-order valence-electron chi connectivity index (χ3n) is 5.79. The van der Waals surface area contributed by atoms with Crippen LogP contribution in [-0.2, 0) is 27.9 Å². The molecule has 0 bridgehead atoms. The van der Waals surface area contributed by atoms with Gasteiger partial charge in [-0.05, 0) is 31.1 Å². The van der Waals surface area contributed by atoms with Crippen molar-refractivity contribution in [2.45, 2.75) is 57.7 Å². The van der Waals surface area contributed by atoms with Crippen LogP contribution < -0.4 is 5.56 Å². The summed E-state index contributed by atoms with van der Waals surface area (Å²) >= 11 is 1.46. The third kappa shape index (κ3) is 3.23. The molecular formula is C22H26N4O3S. The summed E-state index contributed by atoms with van der Waals surface area (Å²) in [7, 11) is 0. The fraction of sp³-hybridized carbons (Fsp3) is 0.455. The van der Waals surface area contributed by atoms with Gasteiger partial charge in [-0.1, -0.05) is 56.8 Å². The lowest BCUT2D eigenvalue weighted by molar-refractivity contribution is -0.143. The molecular weight excluding hydrogens is 400 g/mol. The predicted octanol–water partition coefficient (Wildman–Crippen LogP) is 3.46. The van der Waals surface area contributed by atoms with E-state index in [1.54, 1.807) is 11.3 Å². The van der Waals surface area contributed by atoms with Crippen molar-refractivity contribution in [3.8, 4) is 11.3 Å². The van der Waals surface area contributed by atoms with E-state index < -0.39 is 5.97 Å². The largest absolute Gasteiger partial charge is 0.465 e. The van der Waals surface area contributed by atoms with Crippen LogP contribution in [0.5, 0.6) is 0 Å². The van der Waals surface area contributed by atoms with Crippen molar-refractivity contribution in [2.75, 3.05) is 12.4 Å². The highest BCUT2D eigenvalue weighted by Crippen LogP contribution is 2.42. The van der Waals surface area contributed by atoms with Crippen LogP contribution in [0.15, 0.2) is 34.2 Å². The highest BCUT2D eigenvalue weighted by Gasteiger charge is 2.38. The monoisotopic (exact) mass is 426 g/mol. The number of esters is 1. The molecule has 0 saturated heterocycles. The van der Waals surface area contributed by atoms with E-state index in [0.29, 0.717) is 23.2 Å². The Morgan fingerprint density at radius 1 is 1.27 bits per heavy atom. The molecule has 0 saturated carbocycles. The Labute approximate surface area is 179 Å². The van der Waals surface area contributed by atoms with E-state index in [9.17, 15) is 9.59 Å². The molecule has 0 N–H and O–H groups in total. The first-order valence-electron chi connectivity index (χ1n) is 10.3. The molecule has 0 radical (unpaired) electrons. The number of aromatic nitrogens is 4. The molecule has 0 spiro atoms. The second kappa shape index (κ2) is 7.91. The van der Waals surface area contributed by atoms with Gasteiger partial charge in [-0.3, -0.25) is 9.59 Å². The zero-order valence-corrected chi connectivity index (χ0v) is 18.6. The van der Waals surface area contributed by atoms with Crippen LogP contribution in [0.2, 0.25) is 0 Å². The summed E-state index contributed by atoms with van der Waals surface area (Å²) < 4.78 is 8.14. The third-order valence-corrected chi connectivity index (χ3v) is 6.60. The summed E-state index contributed by atoms with van der Waals surface area (Å²) in [6, 6.07) is 8.10. The molecule has 1 aliphatic rings. The lowest BCUT2D eigenvalue weighted by Gasteiger charge is -2.35. The minimum atomic E-state index is -0.402. The van der Waals surface area contributed by atoms with E-state index in [-0.39, 0.29) is 17.5 Å². The summed E-state index contributed by atoms with van der Waals surface area (Å²) in [6.45, 7) is 8.22. The number of carbonyl (C=O) groups is 1. The smallest absolute Gasteiger partial charge is 0.327 e. The molecule has 2 aromatic heterocycles. The Bertz CT molecular complexity index is 1180. The van der Waals surface area contributed by atoms with Gasteiger partial charge in [0.2, 0.25) is 5.78 Å². The maximum atomic E-state index is 13.8. The maximum absolute atomic E-state index is 13.8. The SMILES string of the molecule is CCOC(=O)Cn1nc(SCC)n2c(=O)c3c(nc12)-c1ccccc1C[C@]3(C)CC. The van der Waals surface area contributed by atoms with Crippen molar-refractivity contribution in [1.29, 1.82) is 0 Å². The number of hydrogen-bond acceptors (Lipinski definition) is 6. The van der Waals surface area contributed by atoms with Crippen LogP contribution in [0.4, 0.5) is 0 Å². The molecule has 0 fully saturated rings. The van der Waals surface area contributed by atoms with Crippen LogP contribution in [-0.4, -0.2) is 37.5 Å². The molecule has 1 atom stereocenters. The van der Waals surface area contributed by atoms with Gasteiger partial charge < -0.3 is 4.74 Å². The summed E-state index contributed by atoms with van der Waals surface area (Å²) in [6.07, 6.45) is 1.62. The van der Waals surface area contributed by atoms with E-state index in [2.05, 4.69) is 25.0 Å². The van der Waals surface area contributed by atoms with Gasteiger partial charge >= 0.3 is 5.97 Å². The first kappa shape index (κ1) is 20.7. The molecule has 1 aromatic carbocycles. The molecule has 158 valence electrons. The number of fused-ring (bicyclic) bond motifs is 4. The van der Waals surface area contributed by atoms with Gasteiger partial charge in [0.05, 0.1) is 17.9 Å². The Hall–Kier alpha value is -2.61. The average Bonchev–Trinajstić information content (AvgIpc) is 3.06. The van der Waals surface area contributed by atoms with Crippen molar-refractivity contribution in [3.63, 3.8) is 0 Å². The van der Waals surface area contributed by atoms with Gasteiger partial charge in [-0.25, -0.2) is 14.1 Å². The molecule has 0 amide bonds. The Morgan fingerprint density at radius 3 is 2.73 bits per heavy atom. The zero-order valence-electron chi connectivity index (χ0n) is 17.8. The van der Waals surface area contributed by atoms with Crippen molar-refractivity contribution in [2.24, 2.45) is 0 Å². The van der Waals surface area contributed by atoms with E-state index in [1.807, 2.05) is 25.1 Å². The highest BCUT2D eigenvalue weighted by atomic mass is 32.2. The Kier molecular flexibility index (Phi) is 5.44. The number of ether oxygens (including phenoxy) is 1. The fourth-order valence-electron chi connectivity index (χ4n) is 4.16. The number of nitrogens with zero attached hydrogens (tertiary/aromatic N) is 4. The van der Waals surface area contributed by atoms with E-state index in [4.69, 9.17) is 9.72 Å². The lowest BCUT2D eigenvalue weighted by Crippen LogP contribution is -2.38. The van der Waals surface area contributed by atoms with Gasteiger partial charge in [-0.15, -0.1) is 5.10 Å². The topological polar surface area (TPSA) is 78.5 Å².